The van der Waals surface area contributed by atoms with E-state index in [1.165, 1.54) is 16.8 Å². The average Bonchev–Trinajstić information content (AvgIpc) is 2.42. The van der Waals surface area contributed by atoms with Crippen molar-refractivity contribution in [3.63, 3.8) is 0 Å². The van der Waals surface area contributed by atoms with Crippen LogP contribution in [0.5, 0.6) is 0 Å². The van der Waals surface area contributed by atoms with Gasteiger partial charge in [-0.25, -0.2) is 4.79 Å². The fraction of sp³-hybridized carbons (Fsp3) is 0.214. The Hall–Kier alpha value is -2.63. The fourth-order valence-corrected chi connectivity index (χ4v) is 1.78. The van der Waals surface area contributed by atoms with Gasteiger partial charge in [0.25, 0.3) is 5.56 Å². The summed E-state index contributed by atoms with van der Waals surface area (Å²) < 4.78 is 1.37. The molecular weight excluding hydrogens is 258 g/mol. The summed E-state index contributed by atoms with van der Waals surface area (Å²) in [6, 6.07) is 10.5. The lowest BCUT2D eigenvalue weighted by atomic mass is 10.2. The second kappa shape index (κ2) is 6.51. The number of nitrogens with one attached hydrogen (secondary N) is 2. The Kier molecular flexibility index (Phi) is 4.49. The molecule has 2 N–H and O–H groups in total. The minimum absolute atomic E-state index is 0.103. The lowest BCUT2D eigenvalue weighted by molar-refractivity contribution is -0.116. The highest BCUT2D eigenvalue weighted by atomic mass is 16.2. The van der Waals surface area contributed by atoms with Crippen molar-refractivity contribution in [2.75, 3.05) is 5.32 Å². The summed E-state index contributed by atoms with van der Waals surface area (Å²) in [4.78, 5) is 36.2. The number of aromatic amines is 1. The molecule has 1 aromatic heterocycles. The molecule has 1 aromatic carbocycles. The monoisotopic (exact) mass is 273 g/mol. The molecule has 0 atom stereocenters. The first-order valence-electron chi connectivity index (χ1n) is 6.30. The molecule has 6 nitrogen and oxygen atoms in total. The van der Waals surface area contributed by atoms with Crippen molar-refractivity contribution in [1.82, 2.24) is 9.55 Å². The molecule has 2 aromatic rings. The Labute approximate surface area is 115 Å². The quantitative estimate of drug-likeness (QED) is 0.851. The van der Waals surface area contributed by atoms with Crippen LogP contribution in [0, 0.1) is 0 Å². The lowest BCUT2D eigenvalue weighted by Crippen LogP contribution is -2.28. The van der Waals surface area contributed by atoms with Crippen molar-refractivity contribution < 1.29 is 4.79 Å². The number of H-pyrrole nitrogens is 1. The van der Waals surface area contributed by atoms with Crippen LogP contribution >= 0.6 is 0 Å². The summed E-state index contributed by atoms with van der Waals surface area (Å²) in [5, 5.41) is 2.77. The van der Waals surface area contributed by atoms with Crippen LogP contribution in [0.1, 0.15) is 12.8 Å². The van der Waals surface area contributed by atoms with Crippen molar-refractivity contribution in [3.8, 4) is 0 Å². The van der Waals surface area contributed by atoms with E-state index >= 15 is 0 Å². The van der Waals surface area contributed by atoms with Gasteiger partial charge in [0.1, 0.15) is 0 Å². The predicted molar refractivity (Wildman–Crippen MR) is 75.6 cm³/mol. The van der Waals surface area contributed by atoms with Gasteiger partial charge in [-0.1, -0.05) is 18.2 Å². The lowest BCUT2D eigenvalue weighted by Gasteiger charge is -2.06. The number of carbonyl (C=O) groups is 1. The molecule has 0 unspecified atom stereocenters. The number of aromatic nitrogens is 2. The van der Waals surface area contributed by atoms with Crippen molar-refractivity contribution >= 4 is 11.6 Å². The molecule has 0 bridgehead atoms. The Morgan fingerprint density at radius 2 is 1.90 bits per heavy atom. The van der Waals surface area contributed by atoms with Crippen LogP contribution in [-0.4, -0.2) is 15.5 Å². The molecule has 0 saturated carbocycles. The SMILES string of the molecule is O=C(CCCn1ccc(=O)[nH]c1=O)Nc1ccccc1. The number of nitrogens with zero attached hydrogens (tertiary/aromatic N) is 1. The van der Waals surface area contributed by atoms with Gasteiger partial charge in [-0.05, 0) is 18.6 Å². The van der Waals surface area contributed by atoms with E-state index in [9.17, 15) is 14.4 Å². The number of aryl methyl sites for hydroxylation is 1. The topological polar surface area (TPSA) is 84.0 Å². The Balaban J connectivity index is 1.82. The third-order valence-corrected chi connectivity index (χ3v) is 2.76. The predicted octanol–water partition coefficient (Wildman–Crippen LogP) is 0.955. The molecule has 0 aliphatic rings. The van der Waals surface area contributed by atoms with E-state index in [4.69, 9.17) is 0 Å². The summed E-state index contributed by atoms with van der Waals surface area (Å²) in [5.74, 6) is -0.103. The van der Waals surface area contributed by atoms with Gasteiger partial charge in [0, 0.05) is 30.9 Å². The molecule has 2 rings (SSSR count). The van der Waals surface area contributed by atoms with Crippen molar-refractivity contribution in [2.45, 2.75) is 19.4 Å². The molecule has 0 spiro atoms. The zero-order valence-electron chi connectivity index (χ0n) is 10.8. The van der Waals surface area contributed by atoms with E-state index in [1.54, 1.807) is 0 Å². The summed E-state index contributed by atoms with van der Waals surface area (Å²) >= 11 is 0. The Morgan fingerprint density at radius 3 is 2.60 bits per heavy atom. The van der Waals surface area contributed by atoms with Gasteiger partial charge >= 0.3 is 5.69 Å². The van der Waals surface area contributed by atoms with Gasteiger partial charge in [-0.3, -0.25) is 14.6 Å². The van der Waals surface area contributed by atoms with Crippen molar-refractivity contribution in [2.24, 2.45) is 0 Å². The van der Waals surface area contributed by atoms with Crippen molar-refractivity contribution in [3.05, 3.63) is 63.4 Å². The van der Waals surface area contributed by atoms with Gasteiger partial charge in [0.2, 0.25) is 5.91 Å². The molecular formula is C14H15N3O3. The standard InChI is InChI=1S/C14H15N3O3/c18-12(15-11-5-2-1-3-6-11)7-4-9-17-10-8-13(19)16-14(17)20/h1-3,5-6,8,10H,4,7,9H2,(H,15,18)(H,16,19,20). The summed E-state index contributed by atoms with van der Waals surface area (Å²) in [6.45, 7) is 0.387. The first kappa shape index (κ1) is 13.8. The van der Waals surface area contributed by atoms with E-state index < -0.39 is 11.2 Å². The zero-order valence-corrected chi connectivity index (χ0v) is 10.8. The maximum Gasteiger partial charge on any atom is 0.328 e. The normalized spacial score (nSPS) is 10.2. The number of hydrogen-bond acceptors (Lipinski definition) is 3. The molecule has 0 saturated heterocycles. The molecule has 6 heteroatoms. The smallest absolute Gasteiger partial charge is 0.326 e. The molecule has 104 valence electrons. The maximum atomic E-state index is 11.7. The highest BCUT2D eigenvalue weighted by Crippen LogP contribution is 2.06. The second-order valence-corrected chi connectivity index (χ2v) is 4.32. The fourth-order valence-electron chi connectivity index (χ4n) is 1.78. The number of hydrogen-bond donors (Lipinski definition) is 2. The van der Waals surface area contributed by atoms with Gasteiger partial charge in [-0.2, -0.15) is 0 Å². The largest absolute Gasteiger partial charge is 0.328 e. The molecule has 0 aliphatic heterocycles. The summed E-state index contributed by atoms with van der Waals surface area (Å²) in [7, 11) is 0. The number of rotatable bonds is 5. The van der Waals surface area contributed by atoms with Crippen LogP contribution in [0.3, 0.4) is 0 Å². The van der Waals surface area contributed by atoms with E-state index in [1.807, 2.05) is 30.3 Å². The number of carbonyl (C=O) groups excluding carboxylic acids is 1. The average molecular weight is 273 g/mol. The number of para-hydroxylation sites is 1. The molecule has 20 heavy (non-hydrogen) atoms. The van der Waals surface area contributed by atoms with Crippen molar-refractivity contribution in [1.29, 1.82) is 0 Å². The van der Waals surface area contributed by atoms with Gasteiger partial charge in [0.15, 0.2) is 0 Å². The number of amides is 1. The highest BCUT2D eigenvalue weighted by molar-refractivity contribution is 5.90. The number of anilines is 1. The van der Waals surface area contributed by atoms with Gasteiger partial charge < -0.3 is 9.88 Å². The third kappa shape index (κ3) is 3.94. The summed E-state index contributed by atoms with van der Waals surface area (Å²) in [5.41, 5.74) is -0.132. The number of benzene rings is 1. The van der Waals surface area contributed by atoms with E-state index in [-0.39, 0.29) is 5.91 Å². The van der Waals surface area contributed by atoms with Crippen LogP contribution in [0.25, 0.3) is 0 Å². The zero-order chi connectivity index (χ0) is 14.4. The second-order valence-electron chi connectivity index (χ2n) is 4.32. The van der Waals surface area contributed by atoms with E-state index in [0.29, 0.717) is 19.4 Å². The molecule has 0 fully saturated rings. The third-order valence-electron chi connectivity index (χ3n) is 2.76. The maximum absolute atomic E-state index is 11.7. The Morgan fingerprint density at radius 1 is 1.15 bits per heavy atom. The van der Waals surface area contributed by atoms with Crippen LogP contribution in [-0.2, 0) is 11.3 Å². The van der Waals surface area contributed by atoms with Gasteiger partial charge in [-0.15, -0.1) is 0 Å². The van der Waals surface area contributed by atoms with Crippen LogP contribution in [0.15, 0.2) is 52.2 Å². The molecule has 0 aliphatic carbocycles. The highest BCUT2D eigenvalue weighted by Gasteiger charge is 2.03. The van der Waals surface area contributed by atoms with Crippen LogP contribution < -0.4 is 16.6 Å². The van der Waals surface area contributed by atoms with E-state index in [0.717, 1.165) is 5.69 Å². The summed E-state index contributed by atoms with van der Waals surface area (Å²) in [6.07, 6.45) is 2.25. The minimum Gasteiger partial charge on any atom is -0.326 e. The molecule has 1 amide bonds. The van der Waals surface area contributed by atoms with Crippen LogP contribution in [0.2, 0.25) is 0 Å². The first-order valence-corrected chi connectivity index (χ1v) is 6.30. The molecule has 0 radical (unpaired) electrons. The molecule has 1 heterocycles. The first-order chi connectivity index (χ1) is 9.65. The van der Waals surface area contributed by atoms with E-state index in [2.05, 4.69) is 10.3 Å². The Bertz CT molecular complexity index is 689. The van der Waals surface area contributed by atoms with Crippen LogP contribution in [0.4, 0.5) is 5.69 Å². The minimum atomic E-state index is -0.457. The van der Waals surface area contributed by atoms with Gasteiger partial charge in [0.05, 0.1) is 0 Å².